The number of nitrogens with zero attached hydrogens (tertiary/aromatic N) is 2. The first kappa shape index (κ1) is 24.4. The predicted octanol–water partition coefficient (Wildman–Crippen LogP) is 3.11. The van der Waals surface area contributed by atoms with Crippen molar-refractivity contribution in [1.82, 2.24) is 15.5 Å². The van der Waals surface area contributed by atoms with Crippen LogP contribution in [0.4, 0.5) is 13.6 Å². The molecular weight excluding hydrogens is 457 g/mol. The molecule has 2 N–H and O–H groups in total. The summed E-state index contributed by atoms with van der Waals surface area (Å²) in [7, 11) is 3.20. The average molecular weight is 484 g/mol. The SMILES string of the molecule is CN=C(NCCN(C)C(=O)OC(C)(C)C)NCc1cc(F)ccc1F.I. The van der Waals surface area contributed by atoms with Gasteiger partial charge in [-0.3, -0.25) is 4.99 Å². The van der Waals surface area contributed by atoms with Crippen molar-refractivity contribution in [3.05, 3.63) is 35.4 Å². The molecule has 0 fully saturated rings. The number of hydrogen-bond donors (Lipinski definition) is 2. The van der Waals surface area contributed by atoms with E-state index < -0.39 is 23.3 Å². The minimum atomic E-state index is -0.550. The van der Waals surface area contributed by atoms with Crippen molar-refractivity contribution in [2.24, 2.45) is 4.99 Å². The van der Waals surface area contributed by atoms with Gasteiger partial charge in [-0.25, -0.2) is 13.6 Å². The molecule has 0 spiro atoms. The van der Waals surface area contributed by atoms with Crippen LogP contribution in [0.2, 0.25) is 0 Å². The average Bonchev–Trinajstić information content (AvgIpc) is 2.51. The Morgan fingerprint density at radius 1 is 1.27 bits per heavy atom. The number of carbonyl (C=O) groups excluding carboxylic acids is 1. The first-order chi connectivity index (χ1) is 11.6. The Hall–Kier alpha value is -1.65. The molecule has 0 saturated carbocycles. The molecule has 1 rings (SSSR count). The van der Waals surface area contributed by atoms with E-state index in [1.165, 1.54) is 4.90 Å². The number of rotatable bonds is 5. The highest BCUT2D eigenvalue weighted by molar-refractivity contribution is 14.0. The lowest BCUT2D eigenvalue weighted by Crippen LogP contribution is -2.42. The first-order valence-corrected chi connectivity index (χ1v) is 7.95. The lowest BCUT2D eigenvalue weighted by atomic mass is 10.2. The Balaban J connectivity index is 0.00000625. The predicted molar refractivity (Wildman–Crippen MR) is 109 cm³/mol. The van der Waals surface area contributed by atoms with E-state index >= 15 is 0 Å². The quantitative estimate of drug-likeness (QED) is 0.383. The van der Waals surface area contributed by atoms with E-state index in [0.29, 0.717) is 19.0 Å². The van der Waals surface area contributed by atoms with E-state index in [4.69, 9.17) is 4.74 Å². The Kier molecular flexibility index (Phi) is 10.4. The van der Waals surface area contributed by atoms with Crippen molar-refractivity contribution in [3.8, 4) is 0 Å². The zero-order valence-electron chi connectivity index (χ0n) is 15.7. The minimum Gasteiger partial charge on any atom is -0.444 e. The zero-order valence-corrected chi connectivity index (χ0v) is 18.1. The van der Waals surface area contributed by atoms with Gasteiger partial charge in [0.25, 0.3) is 0 Å². The Bertz CT molecular complexity index is 621. The van der Waals surface area contributed by atoms with Gasteiger partial charge in [-0.1, -0.05) is 0 Å². The molecule has 148 valence electrons. The lowest BCUT2D eigenvalue weighted by molar-refractivity contribution is 0.0302. The van der Waals surface area contributed by atoms with Crippen molar-refractivity contribution in [1.29, 1.82) is 0 Å². The third kappa shape index (κ3) is 9.16. The van der Waals surface area contributed by atoms with Gasteiger partial charge in [-0.2, -0.15) is 0 Å². The molecule has 0 aliphatic rings. The van der Waals surface area contributed by atoms with Crippen LogP contribution in [-0.2, 0) is 11.3 Å². The maximum Gasteiger partial charge on any atom is 0.410 e. The summed E-state index contributed by atoms with van der Waals surface area (Å²) < 4.78 is 32.0. The van der Waals surface area contributed by atoms with E-state index in [9.17, 15) is 13.6 Å². The van der Waals surface area contributed by atoms with Gasteiger partial charge in [0.2, 0.25) is 0 Å². The summed E-state index contributed by atoms with van der Waals surface area (Å²) >= 11 is 0. The van der Waals surface area contributed by atoms with Crippen molar-refractivity contribution in [3.63, 3.8) is 0 Å². The number of guanidine groups is 1. The van der Waals surface area contributed by atoms with Gasteiger partial charge >= 0.3 is 6.09 Å². The summed E-state index contributed by atoms with van der Waals surface area (Å²) in [5.41, 5.74) is -0.348. The molecule has 1 aromatic carbocycles. The van der Waals surface area contributed by atoms with Crippen LogP contribution in [0, 0.1) is 11.6 Å². The fourth-order valence-electron chi connectivity index (χ4n) is 1.85. The van der Waals surface area contributed by atoms with Crippen LogP contribution < -0.4 is 10.6 Å². The fourth-order valence-corrected chi connectivity index (χ4v) is 1.85. The van der Waals surface area contributed by atoms with E-state index in [0.717, 1.165) is 18.2 Å². The summed E-state index contributed by atoms with van der Waals surface area (Å²) in [4.78, 5) is 17.3. The van der Waals surface area contributed by atoms with Crippen LogP contribution in [0.1, 0.15) is 26.3 Å². The molecule has 0 bridgehead atoms. The van der Waals surface area contributed by atoms with Gasteiger partial charge in [0.1, 0.15) is 17.2 Å². The molecule has 0 saturated heterocycles. The van der Waals surface area contributed by atoms with Crippen molar-refractivity contribution >= 4 is 36.0 Å². The smallest absolute Gasteiger partial charge is 0.410 e. The van der Waals surface area contributed by atoms with E-state index in [1.54, 1.807) is 34.9 Å². The maximum atomic E-state index is 13.6. The molecular formula is C17H27F2IN4O2. The summed E-state index contributed by atoms with van der Waals surface area (Å²) in [6, 6.07) is 3.28. The molecule has 0 aromatic heterocycles. The monoisotopic (exact) mass is 484 g/mol. The van der Waals surface area contributed by atoms with Gasteiger partial charge in [-0.05, 0) is 39.0 Å². The normalized spacial score (nSPS) is 11.4. The second-order valence-electron chi connectivity index (χ2n) is 6.49. The lowest BCUT2D eigenvalue weighted by Gasteiger charge is -2.24. The van der Waals surface area contributed by atoms with E-state index in [1.807, 2.05) is 0 Å². The molecule has 0 aliphatic heterocycles. The number of amides is 1. The first-order valence-electron chi connectivity index (χ1n) is 7.95. The van der Waals surface area contributed by atoms with E-state index in [2.05, 4.69) is 15.6 Å². The van der Waals surface area contributed by atoms with Gasteiger partial charge in [0.05, 0.1) is 0 Å². The number of nitrogens with one attached hydrogen (secondary N) is 2. The van der Waals surface area contributed by atoms with Crippen molar-refractivity contribution in [2.45, 2.75) is 32.9 Å². The van der Waals surface area contributed by atoms with Gasteiger partial charge in [0.15, 0.2) is 5.96 Å². The second-order valence-corrected chi connectivity index (χ2v) is 6.49. The van der Waals surface area contributed by atoms with Crippen LogP contribution >= 0.6 is 24.0 Å². The molecule has 1 amide bonds. The molecule has 0 aliphatic carbocycles. The molecule has 0 heterocycles. The molecule has 0 atom stereocenters. The number of ether oxygens (including phenoxy) is 1. The van der Waals surface area contributed by atoms with E-state index in [-0.39, 0.29) is 36.1 Å². The topological polar surface area (TPSA) is 66.0 Å². The van der Waals surface area contributed by atoms with Gasteiger partial charge in [0, 0.05) is 39.3 Å². The standard InChI is InChI=1S/C17H26F2N4O2.HI/c1-17(2,3)25-16(24)23(5)9-8-21-15(20-4)22-11-12-10-13(18)6-7-14(12)19;/h6-7,10H,8-9,11H2,1-5H3,(H2,20,21,22);1H. The zero-order chi connectivity index (χ0) is 19.0. The number of benzene rings is 1. The highest BCUT2D eigenvalue weighted by Crippen LogP contribution is 2.09. The summed E-state index contributed by atoms with van der Waals surface area (Å²) in [5.74, 6) is -0.574. The minimum absolute atomic E-state index is 0. The van der Waals surface area contributed by atoms with Crippen LogP contribution in [0.15, 0.2) is 23.2 Å². The molecule has 1 aromatic rings. The molecule has 9 heteroatoms. The molecule has 26 heavy (non-hydrogen) atoms. The Morgan fingerprint density at radius 3 is 2.50 bits per heavy atom. The number of aliphatic imine (C=N–C) groups is 1. The van der Waals surface area contributed by atoms with Crippen LogP contribution in [0.25, 0.3) is 0 Å². The summed E-state index contributed by atoms with van der Waals surface area (Å²) in [5, 5.41) is 5.89. The summed E-state index contributed by atoms with van der Waals surface area (Å²) in [6.45, 7) is 6.30. The molecule has 6 nitrogen and oxygen atoms in total. The largest absolute Gasteiger partial charge is 0.444 e. The number of carbonyl (C=O) groups is 1. The van der Waals surface area contributed by atoms with Crippen LogP contribution in [-0.4, -0.2) is 49.7 Å². The third-order valence-corrected chi connectivity index (χ3v) is 3.12. The maximum absolute atomic E-state index is 13.6. The Labute approximate surface area is 170 Å². The molecule has 0 unspecified atom stereocenters. The fraction of sp³-hybridized carbons (Fsp3) is 0.529. The number of hydrogen-bond acceptors (Lipinski definition) is 3. The number of halogens is 3. The van der Waals surface area contributed by atoms with Gasteiger partial charge in [-0.15, -0.1) is 24.0 Å². The highest BCUT2D eigenvalue weighted by Gasteiger charge is 2.19. The Morgan fingerprint density at radius 2 is 1.92 bits per heavy atom. The second kappa shape index (κ2) is 11.1. The molecule has 0 radical (unpaired) electrons. The highest BCUT2D eigenvalue weighted by atomic mass is 127. The van der Waals surface area contributed by atoms with Gasteiger partial charge < -0.3 is 20.3 Å². The third-order valence-electron chi connectivity index (χ3n) is 3.12. The summed E-state index contributed by atoms with van der Waals surface area (Å²) in [6.07, 6.45) is -0.418. The van der Waals surface area contributed by atoms with Crippen molar-refractivity contribution in [2.75, 3.05) is 27.2 Å². The van der Waals surface area contributed by atoms with Crippen molar-refractivity contribution < 1.29 is 18.3 Å². The van der Waals surface area contributed by atoms with Crippen LogP contribution in [0.3, 0.4) is 0 Å². The van der Waals surface area contributed by atoms with Crippen LogP contribution in [0.5, 0.6) is 0 Å². The number of likely N-dealkylation sites (N-methyl/N-ethyl adjacent to an activating group) is 1.